The van der Waals surface area contributed by atoms with Crippen molar-refractivity contribution in [1.82, 2.24) is 5.32 Å². The zero-order valence-corrected chi connectivity index (χ0v) is 17.2. The van der Waals surface area contributed by atoms with Crippen LogP contribution in [0.1, 0.15) is 49.4 Å². The summed E-state index contributed by atoms with van der Waals surface area (Å²) in [6.45, 7) is 1.55. The number of carbonyl (C=O) groups is 3. The fourth-order valence-electron chi connectivity index (χ4n) is 3.48. The van der Waals surface area contributed by atoms with Crippen LogP contribution < -0.4 is 21.3 Å². The number of hydrogen-bond donors (Lipinski definition) is 4. The first-order chi connectivity index (χ1) is 14.5. The maximum atomic E-state index is 12.4. The Balaban J connectivity index is 1.44. The van der Waals surface area contributed by atoms with Crippen LogP contribution in [0.2, 0.25) is 0 Å². The summed E-state index contributed by atoms with van der Waals surface area (Å²) < 4.78 is 0. The monoisotopic (exact) mass is 408 g/mol. The number of nitrogens with one attached hydrogen (secondary N) is 4. The molecule has 0 spiro atoms. The van der Waals surface area contributed by atoms with E-state index >= 15 is 0 Å². The third-order valence-corrected chi connectivity index (χ3v) is 5.03. The van der Waals surface area contributed by atoms with Gasteiger partial charge in [-0.05, 0) is 61.4 Å². The van der Waals surface area contributed by atoms with Crippen LogP contribution in [0.25, 0.3) is 0 Å². The molecule has 0 aliphatic heterocycles. The van der Waals surface area contributed by atoms with Crippen LogP contribution in [-0.4, -0.2) is 30.3 Å². The fraction of sp³-hybridized carbons (Fsp3) is 0.348. The molecule has 0 atom stereocenters. The van der Waals surface area contributed by atoms with Crippen LogP contribution in [0.15, 0.2) is 48.5 Å². The summed E-state index contributed by atoms with van der Waals surface area (Å²) in [4.78, 5) is 35.6. The topological polar surface area (TPSA) is 99.3 Å². The predicted octanol–water partition coefficient (Wildman–Crippen LogP) is 3.76. The van der Waals surface area contributed by atoms with Gasteiger partial charge in [0.05, 0.1) is 6.54 Å². The van der Waals surface area contributed by atoms with E-state index in [2.05, 4.69) is 21.3 Å². The van der Waals surface area contributed by atoms with E-state index in [-0.39, 0.29) is 30.3 Å². The van der Waals surface area contributed by atoms with E-state index in [0.29, 0.717) is 16.9 Å². The van der Waals surface area contributed by atoms with E-state index in [9.17, 15) is 14.4 Å². The molecule has 1 saturated carbocycles. The van der Waals surface area contributed by atoms with Gasteiger partial charge in [-0.2, -0.15) is 0 Å². The molecule has 7 nitrogen and oxygen atoms in total. The molecule has 0 heterocycles. The molecule has 1 aliphatic rings. The number of rotatable bonds is 7. The second kappa shape index (κ2) is 10.4. The second-order valence-corrected chi connectivity index (χ2v) is 7.55. The summed E-state index contributed by atoms with van der Waals surface area (Å²) in [5, 5.41) is 11.6. The summed E-state index contributed by atoms with van der Waals surface area (Å²) >= 11 is 0. The van der Waals surface area contributed by atoms with E-state index in [0.717, 1.165) is 18.5 Å². The Kier molecular flexibility index (Phi) is 7.43. The van der Waals surface area contributed by atoms with Crippen molar-refractivity contribution in [3.8, 4) is 0 Å². The Bertz CT molecular complexity index is 872. The number of carbonyl (C=O) groups excluding carboxylic acids is 3. The lowest BCUT2D eigenvalue weighted by molar-refractivity contribution is -0.115. The molecule has 3 amide bonds. The average molecular weight is 409 g/mol. The van der Waals surface area contributed by atoms with Gasteiger partial charge < -0.3 is 21.3 Å². The highest BCUT2D eigenvalue weighted by Gasteiger charge is 2.16. The molecule has 0 aromatic heterocycles. The molecule has 1 fully saturated rings. The van der Waals surface area contributed by atoms with Crippen molar-refractivity contribution in [2.45, 2.75) is 45.1 Å². The minimum absolute atomic E-state index is 0.0656. The first-order valence-corrected chi connectivity index (χ1v) is 10.3. The highest BCUT2D eigenvalue weighted by molar-refractivity contribution is 5.97. The van der Waals surface area contributed by atoms with Crippen molar-refractivity contribution in [3.05, 3.63) is 54.1 Å². The van der Waals surface area contributed by atoms with Crippen molar-refractivity contribution in [2.75, 3.05) is 22.5 Å². The first kappa shape index (κ1) is 21.4. The van der Waals surface area contributed by atoms with Gasteiger partial charge in [0.15, 0.2) is 0 Å². The highest BCUT2D eigenvalue weighted by Crippen LogP contribution is 2.18. The number of anilines is 3. The Morgan fingerprint density at radius 2 is 1.37 bits per heavy atom. The molecule has 3 rings (SSSR count). The van der Waals surface area contributed by atoms with Crippen LogP contribution in [0.3, 0.4) is 0 Å². The summed E-state index contributed by atoms with van der Waals surface area (Å²) in [6.07, 6.45) is 5.68. The molecule has 0 saturated heterocycles. The Morgan fingerprint density at radius 1 is 0.800 bits per heavy atom. The van der Waals surface area contributed by atoms with Crippen molar-refractivity contribution < 1.29 is 14.4 Å². The Morgan fingerprint density at radius 3 is 2.00 bits per heavy atom. The van der Waals surface area contributed by atoms with Crippen LogP contribution >= 0.6 is 0 Å². The first-order valence-electron chi connectivity index (χ1n) is 10.3. The molecule has 0 bridgehead atoms. The minimum atomic E-state index is -0.194. The van der Waals surface area contributed by atoms with Gasteiger partial charge in [0.25, 0.3) is 5.91 Å². The normalized spacial score (nSPS) is 13.9. The van der Waals surface area contributed by atoms with E-state index < -0.39 is 0 Å². The smallest absolute Gasteiger partial charge is 0.251 e. The van der Waals surface area contributed by atoms with E-state index in [1.807, 2.05) is 0 Å². The summed E-state index contributed by atoms with van der Waals surface area (Å²) in [7, 11) is 0. The Hall–Kier alpha value is -3.35. The molecular formula is C23H28N4O3. The lowest BCUT2D eigenvalue weighted by atomic mass is 9.95. The van der Waals surface area contributed by atoms with E-state index in [4.69, 9.17) is 0 Å². The molecular weight excluding hydrogens is 380 g/mol. The number of benzene rings is 2. The quantitative estimate of drug-likeness (QED) is 0.561. The molecule has 158 valence electrons. The van der Waals surface area contributed by atoms with E-state index in [1.54, 1.807) is 48.5 Å². The van der Waals surface area contributed by atoms with E-state index in [1.165, 1.54) is 26.2 Å². The lowest BCUT2D eigenvalue weighted by Gasteiger charge is -2.22. The van der Waals surface area contributed by atoms with Crippen LogP contribution in [0.4, 0.5) is 17.1 Å². The zero-order valence-electron chi connectivity index (χ0n) is 17.2. The maximum Gasteiger partial charge on any atom is 0.251 e. The lowest BCUT2D eigenvalue weighted by Crippen LogP contribution is -2.36. The maximum absolute atomic E-state index is 12.4. The van der Waals surface area contributed by atoms with Crippen molar-refractivity contribution >= 4 is 34.8 Å². The molecule has 0 unspecified atom stereocenters. The predicted molar refractivity (Wildman–Crippen MR) is 119 cm³/mol. The van der Waals surface area contributed by atoms with Crippen molar-refractivity contribution in [2.24, 2.45) is 0 Å². The molecule has 7 heteroatoms. The fourth-order valence-corrected chi connectivity index (χ4v) is 3.48. The van der Waals surface area contributed by atoms with Gasteiger partial charge in [0, 0.05) is 35.6 Å². The molecule has 2 aromatic rings. The average Bonchev–Trinajstić information content (AvgIpc) is 2.74. The summed E-state index contributed by atoms with van der Waals surface area (Å²) in [6, 6.07) is 14.3. The van der Waals surface area contributed by atoms with Gasteiger partial charge in [0.1, 0.15) is 0 Å². The van der Waals surface area contributed by atoms with Crippen molar-refractivity contribution in [3.63, 3.8) is 0 Å². The van der Waals surface area contributed by atoms with Gasteiger partial charge >= 0.3 is 0 Å². The van der Waals surface area contributed by atoms with Gasteiger partial charge in [0.2, 0.25) is 11.8 Å². The van der Waals surface area contributed by atoms with Gasteiger partial charge in [-0.1, -0.05) is 19.3 Å². The second-order valence-electron chi connectivity index (χ2n) is 7.55. The van der Waals surface area contributed by atoms with Gasteiger partial charge in [-0.15, -0.1) is 0 Å². The van der Waals surface area contributed by atoms with Gasteiger partial charge in [-0.3, -0.25) is 14.4 Å². The summed E-state index contributed by atoms with van der Waals surface area (Å²) in [5.74, 6) is -0.392. The zero-order chi connectivity index (χ0) is 21.3. The number of amides is 3. The minimum Gasteiger partial charge on any atom is -0.376 e. The van der Waals surface area contributed by atoms with Crippen LogP contribution in [-0.2, 0) is 9.59 Å². The molecule has 30 heavy (non-hydrogen) atoms. The molecule has 4 N–H and O–H groups in total. The molecule has 2 aromatic carbocycles. The largest absolute Gasteiger partial charge is 0.376 e. The molecule has 1 aliphatic carbocycles. The molecule has 0 radical (unpaired) electrons. The third-order valence-electron chi connectivity index (χ3n) is 5.03. The third kappa shape index (κ3) is 6.62. The summed E-state index contributed by atoms with van der Waals surface area (Å²) in [5.41, 5.74) is 2.70. The standard InChI is InChI=1S/C23H28N4O3/c1-16(28)25-20-13-11-18(12-14-20)24-15-22(29)26-21-9-7-17(8-10-21)23(30)27-19-5-3-2-4-6-19/h7-14,19,24H,2-6,15H2,1H3,(H,25,28)(H,26,29)(H,27,30). The van der Waals surface area contributed by atoms with Gasteiger partial charge in [-0.25, -0.2) is 0 Å². The Labute approximate surface area is 176 Å². The number of hydrogen-bond acceptors (Lipinski definition) is 4. The van der Waals surface area contributed by atoms with Crippen LogP contribution in [0.5, 0.6) is 0 Å². The SMILES string of the molecule is CC(=O)Nc1ccc(NCC(=O)Nc2ccc(C(=O)NC3CCCCC3)cc2)cc1. The van der Waals surface area contributed by atoms with Crippen LogP contribution in [0, 0.1) is 0 Å². The van der Waals surface area contributed by atoms with Crippen molar-refractivity contribution in [1.29, 1.82) is 0 Å². The highest BCUT2D eigenvalue weighted by atomic mass is 16.2.